The lowest BCUT2D eigenvalue weighted by molar-refractivity contribution is 0.271. The number of rotatable bonds is 4. The molecule has 0 aromatic rings. The fourth-order valence-electron chi connectivity index (χ4n) is 2.27. The summed E-state index contributed by atoms with van der Waals surface area (Å²) < 4.78 is 24.2. The van der Waals surface area contributed by atoms with Crippen LogP contribution in [0.4, 0.5) is 0 Å². The van der Waals surface area contributed by atoms with Gasteiger partial charge in [0.15, 0.2) is 0 Å². The maximum Gasteiger partial charge on any atom is 0.208 e. The summed E-state index contributed by atoms with van der Waals surface area (Å²) in [5.41, 5.74) is 0. The Balaban J connectivity index is 2.18. The van der Waals surface area contributed by atoms with Crippen molar-refractivity contribution >= 4 is 10.0 Å². The third kappa shape index (κ3) is 4.96. The molecule has 0 amide bonds. The second-order valence-corrected chi connectivity index (χ2v) is 6.43. The Morgan fingerprint density at radius 1 is 1.36 bits per heavy atom. The van der Waals surface area contributed by atoms with Gasteiger partial charge in [-0.1, -0.05) is 26.2 Å². The Morgan fingerprint density at radius 2 is 2.07 bits per heavy atom. The van der Waals surface area contributed by atoms with Crippen LogP contribution in [0.15, 0.2) is 0 Å². The summed E-state index contributed by atoms with van der Waals surface area (Å²) in [6.45, 7) is 2.90. The van der Waals surface area contributed by atoms with Crippen molar-refractivity contribution in [2.75, 3.05) is 12.8 Å². The van der Waals surface area contributed by atoms with Crippen LogP contribution in [0.1, 0.15) is 39.0 Å². The SMILES string of the molecule is C[C@H]1CCC[C@@H](CCNS(C)(=O)=O)C1. The largest absolute Gasteiger partial charge is 0.215 e. The smallest absolute Gasteiger partial charge is 0.208 e. The molecule has 0 aromatic carbocycles. The first-order chi connectivity index (χ1) is 6.47. The number of sulfonamides is 1. The minimum Gasteiger partial charge on any atom is -0.215 e. The average molecular weight is 219 g/mol. The Kier molecular flexibility index (Phi) is 4.38. The van der Waals surface area contributed by atoms with Gasteiger partial charge in [-0.15, -0.1) is 0 Å². The molecule has 1 saturated carbocycles. The predicted molar refractivity (Wildman–Crippen MR) is 58.6 cm³/mol. The normalized spacial score (nSPS) is 29.0. The third-order valence-electron chi connectivity index (χ3n) is 2.96. The molecule has 2 atom stereocenters. The summed E-state index contributed by atoms with van der Waals surface area (Å²) >= 11 is 0. The quantitative estimate of drug-likeness (QED) is 0.783. The first kappa shape index (κ1) is 12.0. The van der Waals surface area contributed by atoms with E-state index in [4.69, 9.17) is 0 Å². The molecule has 1 rings (SSSR count). The third-order valence-corrected chi connectivity index (χ3v) is 3.69. The van der Waals surface area contributed by atoms with Gasteiger partial charge in [0.25, 0.3) is 0 Å². The van der Waals surface area contributed by atoms with Crippen LogP contribution in [-0.2, 0) is 10.0 Å². The van der Waals surface area contributed by atoms with Gasteiger partial charge in [0.2, 0.25) is 10.0 Å². The summed E-state index contributed by atoms with van der Waals surface area (Å²) in [5.74, 6) is 1.56. The Bertz CT molecular complexity index is 261. The van der Waals surface area contributed by atoms with Crippen molar-refractivity contribution in [3.8, 4) is 0 Å². The number of hydrogen-bond acceptors (Lipinski definition) is 2. The highest BCUT2D eigenvalue weighted by Crippen LogP contribution is 2.30. The van der Waals surface area contributed by atoms with Gasteiger partial charge in [-0.3, -0.25) is 0 Å². The topological polar surface area (TPSA) is 46.2 Å². The molecule has 14 heavy (non-hydrogen) atoms. The molecular weight excluding hydrogens is 198 g/mol. The van der Waals surface area contributed by atoms with Crippen LogP contribution in [0.5, 0.6) is 0 Å². The number of nitrogens with one attached hydrogen (secondary N) is 1. The van der Waals surface area contributed by atoms with Gasteiger partial charge in [0.05, 0.1) is 6.26 Å². The van der Waals surface area contributed by atoms with E-state index in [-0.39, 0.29) is 0 Å². The molecule has 0 unspecified atom stereocenters. The molecule has 0 radical (unpaired) electrons. The highest BCUT2D eigenvalue weighted by atomic mass is 32.2. The monoisotopic (exact) mass is 219 g/mol. The van der Waals surface area contributed by atoms with E-state index in [2.05, 4.69) is 11.6 Å². The molecule has 0 heterocycles. The maximum absolute atomic E-state index is 10.8. The van der Waals surface area contributed by atoms with Crippen LogP contribution in [0.25, 0.3) is 0 Å². The van der Waals surface area contributed by atoms with Gasteiger partial charge in [-0.25, -0.2) is 13.1 Å². The molecule has 0 aliphatic heterocycles. The van der Waals surface area contributed by atoms with Crippen molar-refractivity contribution in [1.29, 1.82) is 0 Å². The molecule has 0 aromatic heterocycles. The van der Waals surface area contributed by atoms with Gasteiger partial charge in [0, 0.05) is 6.54 Å². The molecule has 1 aliphatic carbocycles. The summed E-state index contributed by atoms with van der Waals surface area (Å²) in [6.07, 6.45) is 7.41. The molecule has 0 saturated heterocycles. The zero-order chi connectivity index (χ0) is 10.6. The van der Waals surface area contributed by atoms with E-state index in [9.17, 15) is 8.42 Å². The fraction of sp³-hybridized carbons (Fsp3) is 1.00. The predicted octanol–water partition coefficient (Wildman–Crippen LogP) is 1.75. The average Bonchev–Trinajstić information content (AvgIpc) is 2.01. The van der Waals surface area contributed by atoms with E-state index in [1.807, 2.05) is 0 Å². The fourth-order valence-corrected chi connectivity index (χ4v) is 2.76. The zero-order valence-corrected chi connectivity index (χ0v) is 9.94. The van der Waals surface area contributed by atoms with E-state index in [0.717, 1.165) is 18.3 Å². The summed E-state index contributed by atoms with van der Waals surface area (Å²) in [6, 6.07) is 0. The second kappa shape index (κ2) is 5.12. The maximum atomic E-state index is 10.8. The van der Waals surface area contributed by atoms with E-state index in [1.54, 1.807) is 0 Å². The lowest BCUT2D eigenvalue weighted by Crippen LogP contribution is -2.26. The van der Waals surface area contributed by atoms with E-state index >= 15 is 0 Å². The van der Waals surface area contributed by atoms with E-state index < -0.39 is 10.0 Å². The highest BCUT2D eigenvalue weighted by Gasteiger charge is 2.18. The Hall–Kier alpha value is -0.0900. The minimum atomic E-state index is -2.99. The molecule has 3 nitrogen and oxygen atoms in total. The Morgan fingerprint density at radius 3 is 2.64 bits per heavy atom. The lowest BCUT2D eigenvalue weighted by atomic mass is 9.81. The Labute approximate surface area is 87.3 Å². The van der Waals surface area contributed by atoms with Crippen molar-refractivity contribution in [3.63, 3.8) is 0 Å². The van der Waals surface area contributed by atoms with Crippen LogP contribution < -0.4 is 4.72 Å². The summed E-state index contributed by atoms with van der Waals surface area (Å²) in [7, 11) is -2.99. The first-order valence-corrected chi connectivity index (χ1v) is 7.31. The molecule has 84 valence electrons. The van der Waals surface area contributed by atoms with Crippen LogP contribution in [0.3, 0.4) is 0 Å². The van der Waals surface area contributed by atoms with Gasteiger partial charge < -0.3 is 0 Å². The van der Waals surface area contributed by atoms with Crippen molar-refractivity contribution in [1.82, 2.24) is 4.72 Å². The van der Waals surface area contributed by atoms with Crippen LogP contribution >= 0.6 is 0 Å². The van der Waals surface area contributed by atoms with E-state index in [0.29, 0.717) is 6.54 Å². The van der Waals surface area contributed by atoms with E-state index in [1.165, 1.54) is 31.9 Å². The van der Waals surface area contributed by atoms with Crippen molar-refractivity contribution in [3.05, 3.63) is 0 Å². The zero-order valence-electron chi connectivity index (χ0n) is 9.12. The van der Waals surface area contributed by atoms with Crippen LogP contribution in [-0.4, -0.2) is 21.2 Å². The minimum absolute atomic E-state index is 0.607. The van der Waals surface area contributed by atoms with Crippen molar-refractivity contribution in [2.45, 2.75) is 39.0 Å². The summed E-state index contributed by atoms with van der Waals surface area (Å²) in [4.78, 5) is 0. The molecule has 1 aliphatic rings. The lowest BCUT2D eigenvalue weighted by Gasteiger charge is -2.26. The van der Waals surface area contributed by atoms with Gasteiger partial charge in [-0.2, -0.15) is 0 Å². The standard InChI is InChI=1S/C10H21NO2S/c1-9-4-3-5-10(8-9)6-7-11-14(2,12)13/h9-11H,3-8H2,1-2H3/t9-,10-/m0/s1. The summed E-state index contributed by atoms with van der Waals surface area (Å²) in [5, 5.41) is 0. The second-order valence-electron chi connectivity index (χ2n) is 4.59. The van der Waals surface area contributed by atoms with Crippen molar-refractivity contribution in [2.24, 2.45) is 11.8 Å². The van der Waals surface area contributed by atoms with Crippen LogP contribution in [0, 0.1) is 11.8 Å². The molecule has 1 fully saturated rings. The molecule has 4 heteroatoms. The van der Waals surface area contributed by atoms with Gasteiger partial charge in [0.1, 0.15) is 0 Å². The van der Waals surface area contributed by atoms with Gasteiger partial charge in [-0.05, 0) is 24.7 Å². The van der Waals surface area contributed by atoms with Crippen LogP contribution in [0.2, 0.25) is 0 Å². The first-order valence-electron chi connectivity index (χ1n) is 5.42. The molecular formula is C10H21NO2S. The highest BCUT2D eigenvalue weighted by molar-refractivity contribution is 7.88. The van der Waals surface area contributed by atoms with Gasteiger partial charge >= 0.3 is 0 Å². The molecule has 1 N–H and O–H groups in total. The molecule has 0 bridgehead atoms. The molecule has 0 spiro atoms. The number of hydrogen-bond donors (Lipinski definition) is 1. The van der Waals surface area contributed by atoms with Crippen molar-refractivity contribution < 1.29 is 8.42 Å².